The molecule has 4 heteroatoms. The Morgan fingerprint density at radius 3 is 2.67 bits per heavy atom. The Bertz CT molecular complexity index is 348. The third-order valence-electron chi connectivity index (χ3n) is 2.77. The van der Waals surface area contributed by atoms with E-state index in [0.29, 0.717) is 18.2 Å². The van der Waals surface area contributed by atoms with E-state index in [2.05, 4.69) is 5.32 Å². The Kier molecular flexibility index (Phi) is 2.98. The number of benzene rings is 1. The van der Waals surface area contributed by atoms with E-state index in [1.807, 2.05) is 0 Å². The molecule has 0 aromatic heterocycles. The van der Waals surface area contributed by atoms with Gasteiger partial charge in [0, 0.05) is 30.3 Å². The van der Waals surface area contributed by atoms with Gasteiger partial charge in [-0.15, -0.1) is 0 Å². The fourth-order valence-electron chi connectivity index (χ4n) is 1.75. The third kappa shape index (κ3) is 2.52. The Morgan fingerprint density at radius 1 is 1.33 bits per heavy atom. The highest BCUT2D eigenvalue weighted by Crippen LogP contribution is 2.18. The van der Waals surface area contributed by atoms with Crippen LogP contribution in [-0.2, 0) is 6.54 Å². The molecule has 1 aromatic rings. The molecule has 1 fully saturated rings. The van der Waals surface area contributed by atoms with Gasteiger partial charge in [0.2, 0.25) is 0 Å². The minimum atomic E-state index is -0.540. The molecule has 0 spiro atoms. The number of rotatable bonds is 3. The van der Waals surface area contributed by atoms with Crippen LogP contribution in [0.15, 0.2) is 18.2 Å². The van der Waals surface area contributed by atoms with Crippen LogP contribution < -0.4 is 11.1 Å². The van der Waals surface area contributed by atoms with Crippen LogP contribution in [0.4, 0.5) is 8.78 Å². The van der Waals surface area contributed by atoms with Gasteiger partial charge in [-0.2, -0.15) is 0 Å². The monoisotopic (exact) mass is 212 g/mol. The molecule has 15 heavy (non-hydrogen) atoms. The lowest BCUT2D eigenvalue weighted by molar-refractivity contribution is 0.289. The summed E-state index contributed by atoms with van der Waals surface area (Å²) in [6.45, 7) is 0.434. The Balaban J connectivity index is 1.88. The first-order valence-electron chi connectivity index (χ1n) is 5.08. The van der Waals surface area contributed by atoms with Gasteiger partial charge in [-0.05, 0) is 18.9 Å². The van der Waals surface area contributed by atoms with Gasteiger partial charge >= 0.3 is 0 Å². The predicted octanol–water partition coefficient (Wildman–Crippen LogP) is 1.54. The van der Waals surface area contributed by atoms with Crippen LogP contribution in [0.1, 0.15) is 18.4 Å². The van der Waals surface area contributed by atoms with Crippen LogP contribution in [0.2, 0.25) is 0 Å². The first-order valence-corrected chi connectivity index (χ1v) is 5.08. The highest BCUT2D eigenvalue weighted by Gasteiger charge is 2.25. The average Bonchev–Trinajstić information content (AvgIpc) is 2.13. The molecule has 1 saturated carbocycles. The van der Waals surface area contributed by atoms with E-state index < -0.39 is 11.6 Å². The van der Waals surface area contributed by atoms with Crippen molar-refractivity contribution in [3.05, 3.63) is 35.4 Å². The van der Waals surface area contributed by atoms with Crippen LogP contribution >= 0.6 is 0 Å². The van der Waals surface area contributed by atoms with Gasteiger partial charge in [-0.3, -0.25) is 0 Å². The molecule has 2 rings (SSSR count). The second-order valence-electron chi connectivity index (χ2n) is 4.05. The van der Waals surface area contributed by atoms with Crippen LogP contribution in [0.5, 0.6) is 0 Å². The van der Waals surface area contributed by atoms with Gasteiger partial charge in [0.25, 0.3) is 0 Å². The maximum absolute atomic E-state index is 13.2. The summed E-state index contributed by atoms with van der Waals surface area (Å²) in [4.78, 5) is 0. The fourth-order valence-corrected chi connectivity index (χ4v) is 1.75. The van der Waals surface area contributed by atoms with E-state index >= 15 is 0 Å². The number of nitrogens with one attached hydrogen (secondary N) is 1. The summed E-state index contributed by atoms with van der Waals surface area (Å²) < 4.78 is 25.8. The van der Waals surface area contributed by atoms with Gasteiger partial charge in [0.15, 0.2) is 0 Å². The number of hydrogen-bond acceptors (Lipinski definition) is 2. The zero-order valence-electron chi connectivity index (χ0n) is 8.34. The van der Waals surface area contributed by atoms with E-state index in [0.717, 1.165) is 18.9 Å². The fraction of sp³-hybridized carbons (Fsp3) is 0.455. The minimum absolute atomic E-state index is 0.278. The van der Waals surface area contributed by atoms with Crippen molar-refractivity contribution in [2.45, 2.75) is 31.5 Å². The summed E-state index contributed by atoms with van der Waals surface area (Å²) in [6.07, 6.45) is 1.87. The molecule has 3 N–H and O–H groups in total. The van der Waals surface area contributed by atoms with Crippen molar-refractivity contribution in [1.29, 1.82) is 0 Å². The molecule has 0 heterocycles. The summed E-state index contributed by atoms with van der Waals surface area (Å²) in [7, 11) is 0. The van der Waals surface area contributed by atoms with Crippen molar-refractivity contribution >= 4 is 0 Å². The second-order valence-corrected chi connectivity index (χ2v) is 4.05. The predicted molar refractivity (Wildman–Crippen MR) is 54.2 cm³/mol. The molecular weight excluding hydrogens is 198 g/mol. The molecule has 2 nitrogen and oxygen atoms in total. The lowest BCUT2D eigenvalue weighted by Crippen LogP contribution is -2.48. The van der Waals surface area contributed by atoms with E-state index in [-0.39, 0.29) is 6.04 Å². The lowest BCUT2D eigenvalue weighted by atomic mass is 9.87. The molecule has 0 radical (unpaired) electrons. The van der Waals surface area contributed by atoms with Crippen molar-refractivity contribution in [2.75, 3.05) is 0 Å². The number of hydrogen-bond donors (Lipinski definition) is 2. The quantitative estimate of drug-likeness (QED) is 0.797. The normalized spacial score (nSPS) is 25.0. The molecular formula is C11H14F2N2. The standard InChI is InChI=1S/C11H14F2N2/c12-8-2-1-7(11(13)3-8)6-15-10-4-9(14)5-10/h1-3,9-10,15H,4-6,14H2. The molecule has 0 saturated heterocycles. The first-order chi connectivity index (χ1) is 7.15. The average molecular weight is 212 g/mol. The maximum Gasteiger partial charge on any atom is 0.130 e. The highest BCUT2D eigenvalue weighted by molar-refractivity contribution is 5.18. The molecule has 0 amide bonds. The second kappa shape index (κ2) is 4.24. The molecule has 0 atom stereocenters. The largest absolute Gasteiger partial charge is 0.328 e. The van der Waals surface area contributed by atoms with Gasteiger partial charge in [-0.25, -0.2) is 8.78 Å². The van der Waals surface area contributed by atoms with Crippen LogP contribution in [-0.4, -0.2) is 12.1 Å². The Hall–Kier alpha value is -1.00. The van der Waals surface area contributed by atoms with E-state index in [4.69, 9.17) is 5.73 Å². The third-order valence-corrected chi connectivity index (χ3v) is 2.77. The zero-order chi connectivity index (χ0) is 10.8. The van der Waals surface area contributed by atoms with E-state index in [1.54, 1.807) is 0 Å². The van der Waals surface area contributed by atoms with Gasteiger partial charge in [-0.1, -0.05) is 6.07 Å². The molecule has 0 aliphatic heterocycles. The molecule has 1 aromatic carbocycles. The number of nitrogens with two attached hydrogens (primary N) is 1. The zero-order valence-corrected chi connectivity index (χ0v) is 8.34. The minimum Gasteiger partial charge on any atom is -0.328 e. The topological polar surface area (TPSA) is 38.0 Å². The number of halogens is 2. The maximum atomic E-state index is 13.2. The van der Waals surface area contributed by atoms with E-state index in [9.17, 15) is 8.78 Å². The van der Waals surface area contributed by atoms with Crippen LogP contribution in [0.3, 0.4) is 0 Å². The SMILES string of the molecule is NC1CC(NCc2ccc(F)cc2F)C1. The first kappa shape index (κ1) is 10.5. The van der Waals surface area contributed by atoms with Crippen molar-refractivity contribution in [1.82, 2.24) is 5.32 Å². The van der Waals surface area contributed by atoms with Crippen molar-refractivity contribution in [3.63, 3.8) is 0 Å². The van der Waals surface area contributed by atoms with Gasteiger partial charge < -0.3 is 11.1 Å². The van der Waals surface area contributed by atoms with Crippen LogP contribution in [0.25, 0.3) is 0 Å². The molecule has 82 valence electrons. The molecule has 0 bridgehead atoms. The highest BCUT2D eigenvalue weighted by atomic mass is 19.1. The van der Waals surface area contributed by atoms with E-state index in [1.165, 1.54) is 12.1 Å². The Labute approximate surface area is 87.5 Å². The Morgan fingerprint density at radius 2 is 2.07 bits per heavy atom. The summed E-state index contributed by atoms with van der Waals surface area (Å²) >= 11 is 0. The lowest BCUT2D eigenvalue weighted by Gasteiger charge is -2.33. The summed E-state index contributed by atoms with van der Waals surface area (Å²) in [5.41, 5.74) is 6.12. The molecule has 1 aliphatic carbocycles. The summed E-state index contributed by atoms with van der Waals surface area (Å²) in [5.74, 6) is -1.03. The van der Waals surface area contributed by atoms with Crippen molar-refractivity contribution in [2.24, 2.45) is 5.73 Å². The van der Waals surface area contributed by atoms with Gasteiger partial charge in [0.1, 0.15) is 11.6 Å². The smallest absolute Gasteiger partial charge is 0.130 e. The molecule has 1 aliphatic rings. The van der Waals surface area contributed by atoms with Crippen molar-refractivity contribution < 1.29 is 8.78 Å². The molecule has 0 unspecified atom stereocenters. The summed E-state index contributed by atoms with van der Waals surface area (Å²) in [5, 5.41) is 3.18. The van der Waals surface area contributed by atoms with Gasteiger partial charge in [0.05, 0.1) is 0 Å². The van der Waals surface area contributed by atoms with Crippen LogP contribution in [0, 0.1) is 11.6 Å². The summed E-state index contributed by atoms with van der Waals surface area (Å²) in [6, 6.07) is 4.30. The van der Waals surface area contributed by atoms with Crippen molar-refractivity contribution in [3.8, 4) is 0 Å².